The molecule has 50 heavy (non-hydrogen) atoms. The fourth-order valence-corrected chi connectivity index (χ4v) is 6.51. The van der Waals surface area contributed by atoms with Gasteiger partial charge in [0.15, 0.2) is 12.6 Å². The number of aromatic nitrogens is 3. The van der Waals surface area contributed by atoms with Crippen LogP contribution in [0.25, 0.3) is 43.4 Å². The first-order valence-corrected chi connectivity index (χ1v) is 16.1. The third kappa shape index (κ3) is 7.11. The maximum Gasteiger partial charge on any atom is 0.407 e. The number of methoxy groups -OCH3 is 1. The third-order valence-corrected chi connectivity index (χ3v) is 8.95. The van der Waals surface area contributed by atoms with Crippen LogP contribution < -0.4 is 14.4 Å². The Kier molecular flexibility index (Phi) is 10.6. The number of piperazine rings is 1. The number of hydrogen-bond acceptors (Lipinski definition) is 10. The molecule has 2 saturated heterocycles. The molecule has 1 atom stereocenters. The molecule has 0 bridgehead atoms. The highest BCUT2D eigenvalue weighted by molar-refractivity contribution is 6.03. The lowest BCUT2D eigenvalue weighted by atomic mass is 9.95. The topological polar surface area (TPSA) is 162 Å². The van der Waals surface area contributed by atoms with Crippen molar-refractivity contribution < 1.29 is 32.9 Å². The van der Waals surface area contributed by atoms with Crippen LogP contribution in [0.1, 0.15) is 24.8 Å². The summed E-state index contributed by atoms with van der Waals surface area (Å²) in [6.07, 6.45) is 8.72. The van der Waals surface area contributed by atoms with Gasteiger partial charge in [0.2, 0.25) is 0 Å². The van der Waals surface area contributed by atoms with Crippen molar-refractivity contribution in [1.29, 1.82) is 0 Å². The van der Waals surface area contributed by atoms with Gasteiger partial charge in [-0.05, 0) is 61.5 Å². The molecule has 0 aliphatic carbocycles. The minimum absolute atomic E-state index is 0.0532. The van der Waals surface area contributed by atoms with Gasteiger partial charge in [-0.25, -0.2) is 13.6 Å². The van der Waals surface area contributed by atoms with E-state index in [4.69, 9.17) is 26.2 Å². The molecule has 0 spiro atoms. The number of carbonyl (C=O) groups is 1. The number of likely N-dealkylation sites (tertiary alicyclic amines) is 1. The summed E-state index contributed by atoms with van der Waals surface area (Å²) in [7, 11) is 1.47. The normalized spacial score (nSPS) is 16.4. The summed E-state index contributed by atoms with van der Waals surface area (Å²) in [4.78, 5) is 33.5. The molecule has 14 nitrogen and oxygen atoms in total. The Hall–Kier alpha value is -5.49. The van der Waals surface area contributed by atoms with Crippen molar-refractivity contribution in [3.05, 3.63) is 58.1 Å². The lowest BCUT2D eigenvalue weighted by Crippen LogP contribution is -2.48. The second-order valence-corrected chi connectivity index (χ2v) is 11.9. The van der Waals surface area contributed by atoms with Crippen LogP contribution in [0.2, 0.25) is 0 Å². The predicted octanol–water partition coefficient (Wildman–Crippen LogP) is 5.43. The second-order valence-electron chi connectivity index (χ2n) is 11.9. The first-order valence-electron chi connectivity index (χ1n) is 16.1. The van der Waals surface area contributed by atoms with Crippen molar-refractivity contribution in [2.45, 2.75) is 25.3 Å². The van der Waals surface area contributed by atoms with Gasteiger partial charge in [0.1, 0.15) is 35.2 Å². The average molecular weight is 688 g/mol. The number of ether oxygens (including phenoxy) is 3. The van der Waals surface area contributed by atoms with Gasteiger partial charge in [-0.1, -0.05) is 17.1 Å². The van der Waals surface area contributed by atoms with Crippen molar-refractivity contribution in [2.24, 2.45) is 5.11 Å². The number of terminal acetylenes is 1. The number of azide groups is 1. The minimum Gasteiger partial charge on any atom is -0.468 e. The molecule has 2 aromatic carbocycles. The van der Waals surface area contributed by atoms with Crippen molar-refractivity contribution >= 4 is 33.6 Å². The highest BCUT2D eigenvalue weighted by Gasteiger charge is 2.28. The molecule has 6 rings (SSSR count). The zero-order chi connectivity index (χ0) is 35.2. The molecule has 260 valence electrons. The highest BCUT2D eigenvalue weighted by Crippen LogP contribution is 2.39. The summed E-state index contributed by atoms with van der Waals surface area (Å²) in [5, 5.41) is 14.2. The van der Waals surface area contributed by atoms with Crippen LogP contribution in [0, 0.1) is 24.0 Å². The number of rotatable bonds is 12. The quantitative estimate of drug-likeness (QED) is 0.0508. The summed E-state index contributed by atoms with van der Waals surface area (Å²) in [6, 6.07) is 5.95. The molecule has 2 fully saturated rings. The van der Waals surface area contributed by atoms with E-state index in [1.165, 1.54) is 36.4 Å². The number of anilines is 1. The van der Waals surface area contributed by atoms with Gasteiger partial charge < -0.3 is 29.1 Å². The smallest absolute Gasteiger partial charge is 0.407 e. The van der Waals surface area contributed by atoms with Crippen LogP contribution in [0.15, 0.2) is 35.6 Å². The SMILES string of the molecule is C#Cc1c(F)ccc2cc(OCOC)cc(-c3ncc4c(N5CCN(C(=O)O)CC5)nc(OCC5CCCN5CCCN=[N+]=[N-])nc4c3F)c12. The molecule has 2 aliphatic heterocycles. The molecule has 0 radical (unpaired) electrons. The van der Waals surface area contributed by atoms with E-state index in [0.29, 0.717) is 48.4 Å². The Morgan fingerprint density at radius 3 is 2.74 bits per heavy atom. The Morgan fingerprint density at radius 1 is 1.18 bits per heavy atom. The molecule has 4 aromatic rings. The van der Waals surface area contributed by atoms with Gasteiger partial charge in [-0.15, -0.1) is 6.42 Å². The van der Waals surface area contributed by atoms with Crippen LogP contribution in [0.5, 0.6) is 11.8 Å². The second kappa shape index (κ2) is 15.4. The van der Waals surface area contributed by atoms with Crippen molar-refractivity contribution in [3.63, 3.8) is 0 Å². The average Bonchev–Trinajstić information content (AvgIpc) is 3.58. The summed E-state index contributed by atoms with van der Waals surface area (Å²) in [5.74, 6) is 1.62. The molecule has 1 N–H and O–H groups in total. The van der Waals surface area contributed by atoms with E-state index >= 15 is 4.39 Å². The molecule has 0 saturated carbocycles. The minimum atomic E-state index is -1.02. The molecular weight excluding hydrogens is 652 g/mol. The molecule has 1 amide bonds. The van der Waals surface area contributed by atoms with Gasteiger partial charge in [0, 0.05) is 67.9 Å². The van der Waals surface area contributed by atoms with E-state index in [9.17, 15) is 14.3 Å². The molecule has 4 heterocycles. The fraction of sp³-hybridized carbons (Fsp3) is 0.412. The van der Waals surface area contributed by atoms with Gasteiger partial charge in [0.05, 0.1) is 10.9 Å². The van der Waals surface area contributed by atoms with Crippen LogP contribution >= 0.6 is 0 Å². The monoisotopic (exact) mass is 687 g/mol. The first-order chi connectivity index (χ1) is 24.3. The summed E-state index contributed by atoms with van der Waals surface area (Å²) in [5.41, 5.74) is 8.51. The van der Waals surface area contributed by atoms with Crippen LogP contribution in [-0.4, -0.2) is 108 Å². The van der Waals surface area contributed by atoms with E-state index in [2.05, 4.69) is 35.8 Å². The maximum atomic E-state index is 16.9. The lowest BCUT2D eigenvalue weighted by Gasteiger charge is -2.34. The number of pyridine rings is 1. The van der Waals surface area contributed by atoms with Gasteiger partial charge >= 0.3 is 12.1 Å². The van der Waals surface area contributed by atoms with Crippen LogP contribution in [0.4, 0.5) is 19.4 Å². The molecule has 2 aromatic heterocycles. The Morgan fingerprint density at radius 2 is 2.00 bits per heavy atom. The highest BCUT2D eigenvalue weighted by atomic mass is 19.1. The fourth-order valence-electron chi connectivity index (χ4n) is 6.51. The standard InChI is InChI=1S/C34H35F2N9O5/c1-3-24-27(35)8-7-21-16-23(50-20-48-2)17-25(28(21)24)30-29(36)31-26(18-38-30)32(44-12-14-45(15-13-44)34(46)47)41-33(40-31)49-19-22-6-4-10-43(22)11-5-9-39-42-37/h1,7-8,16-18,22H,4-6,9-15,19-20H2,2H3,(H,46,47). The van der Waals surface area contributed by atoms with Crippen LogP contribution in [-0.2, 0) is 4.74 Å². The van der Waals surface area contributed by atoms with E-state index < -0.39 is 17.7 Å². The largest absolute Gasteiger partial charge is 0.468 e. The number of benzene rings is 2. The van der Waals surface area contributed by atoms with Crippen molar-refractivity contribution in [1.82, 2.24) is 24.8 Å². The molecule has 2 aliphatic rings. The lowest BCUT2D eigenvalue weighted by molar-refractivity contribution is 0.0512. The van der Waals surface area contributed by atoms with E-state index in [0.717, 1.165) is 25.9 Å². The Balaban J connectivity index is 1.43. The van der Waals surface area contributed by atoms with E-state index in [-0.39, 0.29) is 66.3 Å². The van der Waals surface area contributed by atoms with E-state index in [1.54, 1.807) is 6.07 Å². The zero-order valence-corrected chi connectivity index (χ0v) is 27.4. The number of fused-ring (bicyclic) bond motifs is 2. The number of amides is 1. The van der Waals surface area contributed by atoms with Gasteiger partial charge in [-0.3, -0.25) is 9.88 Å². The summed E-state index contributed by atoms with van der Waals surface area (Å²) < 4.78 is 48.8. The number of carboxylic acid groups (broad SMARTS) is 1. The molecular formula is C34H35F2N9O5. The summed E-state index contributed by atoms with van der Waals surface area (Å²) >= 11 is 0. The third-order valence-electron chi connectivity index (χ3n) is 8.95. The Bertz CT molecular complexity index is 1990. The zero-order valence-electron chi connectivity index (χ0n) is 27.4. The van der Waals surface area contributed by atoms with Gasteiger partial charge in [-0.2, -0.15) is 9.97 Å². The maximum absolute atomic E-state index is 16.9. The van der Waals surface area contributed by atoms with E-state index in [1.807, 2.05) is 4.90 Å². The molecule has 16 heteroatoms. The number of halogens is 2. The summed E-state index contributed by atoms with van der Waals surface area (Å²) in [6.45, 7) is 3.20. The molecule has 1 unspecified atom stereocenters. The predicted molar refractivity (Wildman–Crippen MR) is 181 cm³/mol. The van der Waals surface area contributed by atoms with Gasteiger partial charge in [0.25, 0.3) is 0 Å². The Labute approximate surface area is 286 Å². The van der Waals surface area contributed by atoms with Crippen molar-refractivity contribution in [2.75, 3.05) is 71.2 Å². The number of nitrogens with zero attached hydrogens (tertiary/aromatic N) is 9. The van der Waals surface area contributed by atoms with Crippen LogP contribution in [0.3, 0.4) is 0 Å². The van der Waals surface area contributed by atoms with Crippen molar-refractivity contribution in [3.8, 4) is 35.4 Å². The number of hydrogen-bond donors (Lipinski definition) is 1. The first kappa shape index (κ1) is 34.4.